The fourth-order valence-corrected chi connectivity index (χ4v) is 4.57. The van der Waals surface area contributed by atoms with Crippen LogP contribution in [0, 0.1) is 6.92 Å². The Kier molecular flexibility index (Phi) is 5.94. The molecule has 1 N–H and O–H groups in total. The highest BCUT2D eigenvalue weighted by atomic mass is 32.2. The van der Waals surface area contributed by atoms with Crippen molar-refractivity contribution in [2.75, 3.05) is 19.3 Å². The number of hydrogen-bond donors (Lipinski definition) is 1. The third kappa shape index (κ3) is 4.37. The van der Waals surface area contributed by atoms with Crippen LogP contribution in [0.25, 0.3) is 11.3 Å². The van der Waals surface area contributed by atoms with Crippen molar-refractivity contribution in [3.8, 4) is 11.3 Å². The van der Waals surface area contributed by atoms with Crippen molar-refractivity contribution in [1.82, 2.24) is 15.3 Å². The minimum Gasteiger partial charge on any atom is -0.433 e. The summed E-state index contributed by atoms with van der Waals surface area (Å²) in [7, 11) is -0.997. The van der Waals surface area contributed by atoms with Crippen molar-refractivity contribution in [3.05, 3.63) is 54.0 Å². The van der Waals surface area contributed by atoms with Crippen LogP contribution in [0.3, 0.4) is 0 Å². The molecular formula is C21H23N3O2S2. The van der Waals surface area contributed by atoms with Gasteiger partial charge < -0.3 is 9.73 Å². The highest BCUT2D eigenvalue weighted by Gasteiger charge is 2.24. The van der Waals surface area contributed by atoms with E-state index in [-0.39, 0.29) is 0 Å². The average molecular weight is 414 g/mol. The van der Waals surface area contributed by atoms with Crippen molar-refractivity contribution in [3.63, 3.8) is 0 Å². The summed E-state index contributed by atoms with van der Waals surface area (Å²) in [4.78, 5) is 10.2. The molecule has 7 heteroatoms. The SMILES string of the molecule is Cc1ccc(Sc2oc(C3CCNCC3)nc2-c2ccc(S(C)=O)cc2)nc1. The topological polar surface area (TPSA) is 68.0 Å². The van der Waals surface area contributed by atoms with Gasteiger partial charge in [-0.3, -0.25) is 4.21 Å². The first kappa shape index (κ1) is 19.4. The van der Waals surface area contributed by atoms with Gasteiger partial charge in [0, 0.05) is 39.6 Å². The zero-order valence-electron chi connectivity index (χ0n) is 16.0. The van der Waals surface area contributed by atoms with Crippen molar-refractivity contribution >= 4 is 22.6 Å². The minimum absolute atomic E-state index is 0.336. The van der Waals surface area contributed by atoms with E-state index in [1.807, 2.05) is 49.5 Å². The lowest BCUT2D eigenvalue weighted by molar-refractivity contribution is 0.345. The molecule has 3 heterocycles. The smallest absolute Gasteiger partial charge is 0.199 e. The maximum atomic E-state index is 11.7. The fourth-order valence-electron chi connectivity index (χ4n) is 3.23. The van der Waals surface area contributed by atoms with Crippen molar-refractivity contribution < 1.29 is 8.63 Å². The number of aryl methyl sites for hydroxylation is 1. The van der Waals surface area contributed by atoms with Gasteiger partial charge in [-0.1, -0.05) is 18.2 Å². The Hall–Kier alpha value is -1.96. The van der Waals surface area contributed by atoms with E-state index in [2.05, 4.69) is 10.3 Å². The second kappa shape index (κ2) is 8.59. The van der Waals surface area contributed by atoms with Gasteiger partial charge in [-0.25, -0.2) is 9.97 Å². The lowest BCUT2D eigenvalue weighted by Crippen LogP contribution is -2.26. The van der Waals surface area contributed by atoms with Crippen LogP contribution in [0.15, 0.2) is 62.0 Å². The Morgan fingerprint density at radius 3 is 2.54 bits per heavy atom. The molecule has 0 bridgehead atoms. The van der Waals surface area contributed by atoms with E-state index < -0.39 is 10.8 Å². The van der Waals surface area contributed by atoms with E-state index in [4.69, 9.17) is 9.40 Å². The summed E-state index contributed by atoms with van der Waals surface area (Å²) >= 11 is 1.50. The van der Waals surface area contributed by atoms with Gasteiger partial charge in [0.1, 0.15) is 10.7 Å². The van der Waals surface area contributed by atoms with Crippen LogP contribution >= 0.6 is 11.8 Å². The van der Waals surface area contributed by atoms with Crippen molar-refractivity contribution in [2.24, 2.45) is 0 Å². The van der Waals surface area contributed by atoms with Gasteiger partial charge in [0.2, 0.25) is 0 Å². The molecule has 4 rings (SSSR count). The van der Waals surface area contributed by atoms with E-state index in [1.54, 1.807) is 6.26 Å². The largest absolute Gasteiger partial charge is 0.433 e. The number of nitrogens with one attached hydrogen (secondary N) is 1. The number of oxazole rings is 1. The first-order valence-corrected chi connectivity index (χ1v) is 11.7. The molecule has 1 aromatic carbocycles. The van der Waals surface area contributed by atoms with Crippen LogP contribution in [0.5, 0.6) is 0 Å². The van der Waals surface area contributed by atoms with Crippen LogP contribution < -0.4 is 5.32 Å². The van der Waals surface area contributed by atoms with Gasteiger partial charge in [0.05, 0.1) is 0 Å². The van der Waals surface area contributed by atoms with E-state index in [9.17, 15) is 4.21 Å². The molecule has 0 amide bonds. The first-order chi connectivity index (χ1) is 13.6. The predicted molar refractivity (Wildman–Crippen MR) is 112 cm³/mol. The summed E-state index contributed by atoms with van der Waals surface area (Å²) in [6.07, 6.45) is 5.60. The quantitative estimate of drug-likeness (QED) is 0.669. The molecule has 1 fully saturated rings. The molecule has 3 aromatic rings. The Morgan fingerprint density at radius 2 is 1.89 bits per heavy atom. The molecule has 0 saturated carbocycles. The molecule has 28 heavy (non-hydrogen) atoms. The molecule has 1 unspecified atom stereocenters. The van der Waals surface area contributed by atoms with Crippen LogP contribution in [-0.4, -0.2) is 33.5 Å². The molecule has 2 aromatic heterocycles. The lowest BCUT2D eigenvalue weighted by Gasteiger charge is -2.19. The fraction of sp³-hybridized carbons (Fsp3) is 0.333. The number of hydrogen-bond acceptors (Lipinski definition) is 6. The monoisotopic (exact) mass is 413 g/mol. The summed E-state index contributed by atoms with van der Waals surface area (Å²) in [5.74, 6) is 1.14. The normalized spacial score (nSPS) is 16.2. The van der Waals surface area contributed by atoms with E-state index >= 15 is 0 Å². The molecule has 0 radical (unpaired) electrons. The molecule has 1 aliphatic rings. The average Bonchev–Trinajstić information content (AvgIpc) is 3.14. The van der Waals surface area contributed by atoms with Crippen LogP contribution in [0.2, 0.25) is 0 Å². The molecule has 0 spiro atoms. The second-order valence-electron chi connectivity index (χ2n) is 6.97. The molecule has 146 valence electrons. The molecule has 1 atom stereocenters. The van der Waals surface area contributed by atoms with E-state index in [0.717, 1.165) is 63.7 Å². The number of nitrogens with zero attached hydrogens (tertiary/aromatic N) is 2. The molecular weight excluding hydrogens is 390 g/mol. The Morgan fingerprint density at radius 1 is 1.14 bits per heavy atom. The molecule has 5 nitrogen and oxygen atoms in total. The maximum Gasteiger partial charge on any atom is 0.199 e. The van der Waals surface area contributed by atoms with Crippen LogP contribution in [-0.2, 0) is 10.8 Å². The lowest BCUT2D eigenvalue weighted by atomic mass is 9.98. The predicted octanol–water partition coefficient (Wildman–Crippen LogP) is 4.40. The number of rotatable bonds is 5. The third-order valence-electron chi connectivity index (χ3n) is 4.84. The Bertz CT molecular complexity index is 962. The van der Waals surface area contributed by atoms with Gasteiger partial charge in [-0.2, -0.15) is 0 Å². The number of aromatic nitrogens is 2. The maximum absolute atomic E-state index is 11.7. The highest BCUT2D eigenvalue weighted by Crippen LogP contribution is 2.39. The number of piperidine rings is 1. The zero-order valence-corrected chi connectivity index (χ0v) is 17.6. The molecule has 1 aliphatic heterocycles. The second-order valence-corrected chi connectivity index (χ2v) is 9.34. The van der Waals surface area contributed by atoms with Gasteiger partial charge in [-0.05, 0) is 68.4 Å². The third-order valence-corrected chi connectivity index (χ3v) is 6.69. The van der Waals surface area contributed by atoms with E-state index in [1.165, 1.54) is 11.8 Å². The summed E-state index contributed by atoms with van der Waals surface area (Å²) < 4.78 is 17.9. The summed E-state index contributed by atoms with van der Waals surface area (Å²) in [5, 5.41) is 5.03. The van der Waals surface area contributed by atoms with Crippen molar-refractivity contribution in [2.45, 2.75) is 40.7 Å². The molecule has 0 aliphatic carbocycles. The Labute approximate surface area is 171 Å². The van der Waals surface area contributed by atoms with Crippen LogP contribution in [0.4, 0.5) is 0 Å². The number of benzene rings is 1. The first-order valence-electron chi connectivity index (χ1n) is 9.36. The van der Waals surface area contributed by atoms with Gasteiger partial charge in [0.25, 0.3) is 0 Å². The Balaban J connectivity index is 1.70. The van der Waals surface area contributed by atoms with Gasteiger partial charge in [0.15, 0.2) is 11.0 Å². The number of pyridine rings is 1. The highest BCUT2D eigenvalue weighted by molar-refractivity contribution is 7.99. The van der Waals surface area contributed by atoms with Gasteiger partial charge in [-0.15, -0.1) is 0 Å². The van der Waals surface area contributed by atoms with Crippen LogP contribution in [0.1, 0.15) is 30.2 Å². The minimum atomic E-state index is -0.997. The summed E-state index contributed by atoms with van der Waals surface area (Å²) in [5.41, 5.74) is 2.92. The van der Waals surface area contributed by atoms with Crippen molar-refractivity contribution in [1.29, 1.82) is 0 Å². The van der Waals surface area contributed by atoms with Gasteiger partial charge >= 0.3 is 0 Å². The van der Waals surface area contributed by atoms with E-state index in [0.29, 0.717) is 5.92 Å². The zero-order chi connectivity index (χ0) is 19.5. The summed E-state index contributed by atoms with van der Waals surface area (Å²) in [6.45, 7) is 4.00. The molecule has 1 saturated heterocycles. The summed E-state index contributed by atoms with van der Waals surface area (Å²) in [6, 6.07) is 11.8. The standard InChI is InChI=1S/C21H23N3O2S2/c1-14-3-8-18(23-13-14)27-21-19(15-4-6-17(7-5-15)28(2)25)24-20(26-21)16-9-11-22-12-10-16/h3-8,13,16,22H,9-12H2,1-2H3.